The lowest BCUT2D eigenvalue weighted by atomic mass is 10.1. The zero-order valence-corrected chi connectivity index (χ0v) is 9.61. The number of carbonyl (C=O) groups is 2. The third-order valence-corrected chi connectivity index (χ3v) is 3.05. The second-order valence-electron chi connectivity index (χ2n) is 4.12. The molecule has 0 aliphatic carbocycles. The van der Waals surface area contributed by atoms with Gasteiger partial charge in [0.15, 0.2) is 0 Å². The first-order chi connectivity index (χ1) is 8.65. The predicted octanol–water partition coefficient (Wildman–Crippen LogP) is 1.40. The van der Waals surface area contributed by atoms with Gasteiger partial charge in [0.1, 0.15) is 11.8 Å². The molecule has 0 aromatic heterocycles. The van der Waals surface area contributed by atoms with Gasteiger partial charge < -0.3 is 9.69 Å². The molecule has 18 heavy (non-hydrogen) atoms. The second kappa shape index (κ2) is 4.95. The summed E-state index contributed by atoms with van der Waals surface area (Å²) in [6.07, 6.45) is 2.09. The van der Waals surface area contributed by atoms with Crippen LogP contribution in [0.1, 0.15) is 23.2 Å². The molecular formula is C12H12N2O4. The van der Waals surface area contributed by atoms with Crippen LogP contribution in [0.4, 0.5) is 5.69 Å². The molecule has 6 heteroatoms. The molecule has 1 aromatic rings. The second-order valence-corrected chi connectivity index (χ2v) is 4.12. The van der Waals surface area contributed by atoms with Crippen LogP contribution in [0.5, 0.6) is 0 Å². The fourth-order valence-electron chi connectivity index (χ4n) is 2.15. The monoisotopic (exact) mass is 248 g/mol. The van der Waals surface area contributed by atoms with Crippen molar-refractivity contribution in [1.29, 1.82) is 0 Å². The van der Waals surface area contributed by atoms with Gasteiger partial charge in [-0.15, -0.1) is 0 Å². The third-order valence-electron chi connectivity index (χ3n) is 3.05. The van der Waals surface area contributed by atoms with Crippen molar-refractivity contribution in [2.45, 2.75) is 18.9 Å². The van der Waals surface area contributed by atoms with E-state index in [-0.39, 0.29) is 11.3 Å². The number of nitrogens with zero attached hydrogens (tertiary/aromatic N) is 2. The standard InChI is InChI=1S/C12H12N2O4/c15-8-9-4-3-7-13(9)12(16)10-5-1-2-6-11(10)14(17)18/h1-2,5-6,8-9H,3-4,7H2. The van der Waals surface area contributed by atoms with Crippen LogP contribution in [0.2, 0.25) is 0 Å². The minimum Gasteiger partial charge on any atom is -0.329 e. The number of aldehydes is 1. The maximum Gasteiger partial charge on any atom is 0.282 e. The van der Waals surface area contributed by atoms with Crippen molar-refractivity contribution in [3.8, 4) is 0 Å². The van der Waals surface area contributed by atoms with Gasteiger partial charge in [0.05, 0.1) is 11.0 Å². The van der Waals surface area contributed by atoms with Crippen LogP contribution in [0.25, 0.3) is 0 Å². The van der Waals surface area contributed by atoms with E-state index in [2.05, 4.69) is 0 Å². The van der Waals surface area contributed by atoms with E-state index in [0.29, 0.717) is 13.0 Å². The molecule has 94 valence electrons. The van der Waals surface area contributed by atoms with E-state index in [1.165, 1.54) is 23.1 Å². The molecule has 6 nitrogen and oxygen atoms in total. The number of para-hydroxylation sites is 1. The molecule has 1 amide bonds. The SMILES string of the molecule is O=CC1CCCN1C(=O)c1ccccc1[N+](=O)[O-]. The fourth-order valence-corrected chi connectivity index (χ4v) is 2.15. The maximum atomic E-state index is 12.2. The van der Waals surface area contributed by atoms with Crippen LogP contribution < -0.4 is 0 Å². The molecule has 1 heterocycles. The lowest BCUT2D eigenvalue weighted by Gasteiger charge is -2.20. The molecule has 1 unspecified atom stereocenters. The van der Waals surface area contributed by atoms with Gasteiger partial charge in [-0.1, -0.05) is 12.1 Å². The quantitative estimate of drug-likeness (QED) is 0.460. The molecule has 0 bridgehead atoms. The minimum absolute atomic E-state index is 0.0382. The summed E-state index contributed by atoms with van der Waals surface area (Å²) in [4.78, 5) is 34.7. The highest BCUT2D eigenvalue weighted by Gasteiger charge is 2.32. The highest BCUT2D eigenvalue weighted by atomic mass is 16.6. The van der Waals surface area contributed by atoms with Crippen LogP contribution >= 0.6 is 0 Å². The molecule has 0 N–H and O–H groups in total. The molecule has 1 aliphatic rings. The normalized spacial score (nSPS) is 18.7. The largest absolute Gasteiger partial charge is 0.329 e. The van der Waals surface area contributed by atoms with E-state index < -0.39 is 16.9 Å². The van der Waals surface area contributed by atoms with Crippen LogP contribution in [-0.4, -0.2) is 34.6 Å². The summed E-state index contributed by atoms with van der Waals surface area (Å²) in [6, 6.07) is 5.33. The highest BCUT2D eigenvalue weighted by molar-refractivity contribution is 5.99. The van der Waals surface area contributed by atoms with E-state index >= 15 is 0 Å². The molecule has 1 atom stereocenters. The molecule has 0 radical (unpaired) electrons. The van der Waals surface area contributed by atoms with E-state index in [4.69, 9.17) is 0 Å². The highest BCUT2D eigenvalue weighted by Crippen LogP contribution is 2.24. The van der Waals surface area contributed by atoms with Gasteiger partial charge in [0.2, 0.25) is 0 Å². The molecule has 2 rings (SSSR count). The van der Waals surface area contributed by atoms with Gasteiger partial charge in [-0.05, 0) is 18.9 Å². The molecule has 1 saturated heterocycles. The number of amides is 1. The van der Waals surface area contributed by atoms with Crippen molar-refractivity contribution < 1.29 is 14.5 Å². The van der Waals surface area contributed by atoms with E-state index in [0.717, 1.165) is 12.7 Å². The van der Waals surface area contributed by atoms with Crippen molar-refractivity contribution in [2.75, 3.05) is 6.54 Å². The summed E-state index contributed by atoms with van der Waals surface area (Å²) in [5.41, 5.74) is -0.185. The van der Waals surface area contributed by atoms with Crippen molar-refractivity contribution in [1.82, 2.24) is 4.90 Å². The Hall–Kier alpha value is -2.24. The van der Waals surface area contributed by atoms with Gasteiger partial charge in [0.25, 0.3) is 11.6 Å². The summed E-state index contributed by atoms with van der Waals surface area (Å²) >= 11 is 0. The van der Waals surface area contributed by atoms with Gasteiger partial charge in [0, 0.05) is 12.6 Å². The van der Waals surface area contributed by atoms with Gasteiger partial charge in [-0.3, -0.25) is 14.9 Å². The molecular weight excluding hydrogens is 236 g/mol. The predicted molar refractivity (Wildman–Crippen MR) is 63.2 cm³/mol. The average Bonchev–Trinajstić information content (AvgIpc) is 2.86. The van der Waals surface area contributed by atoms with Crippen LogP contribution in [0.15, 0.2) is 24.3 Å². The summed E-state index contributed by atoms with van der Waals surface area (Å²) in [5.74, 6) is -0.447. The number of carbonyl (C=O) groups excluding carboxylic acids is 2. The first-order valence-corrected chi connectivity index (χ1v) is 5.65. The molecule has 1 aromatic carbocycles. The Bertz CT molecular complexity index is 501. The van der Waals surface area contributed by atoms with Crippen molar-refractivity contribution in [3.05, 3.63) is 39.9 Å². The van der Waals surface area contributed by atoms with Crippen molar-refractivity contribution in [2.24, 2.45) is 0 Å². The number of benzene rings is 1. The van der Waals surface area contributed by atoms with Crippen molar-refractivity contribution in [3.63, 3.8) is 0 Å². The van der Waals surface area contributed by atoms with Crippen LogP contribution in [-0.2, 0) is 4.79 Å². The zero-order valence-electron chi connectivity index (χ0n) is 9.61. The summed E-state index contributed by atoms with van der Waals surface area (Å²) in [6.45, 7) is 0.467. The Labute approximate surface area is 103 Å². The topological polar surface area (TPSA) is 80.5 Å². The smallest absolute Gasteiger partial charge is 0.282 e. The Kier molecular flexibility index (Phi) is 3.36. The number of rotatable bonds is 3. The lowest BCUT2D eigenvalue weighted by molar-refractivity contribution is -0.385. The number of hydrogen-bond donors (Lipinski definition) is 0. The molecule has 0 spiro atoms. The average molecular weight is 248 g/mol. The fraction of sp³-hybridized carbons (Fsp3) is 0.333. The Morgan fingerprint density at radius 1 is 1.44 bits per heavy atom. The zero-order chi connectivity index (χ0) is 13.1. The molecule has 1 fully saturated rings. The number of likely N-dealkylation sites (tertiary alicyclic amines) is 1. The lowest BCUT2D eigenvalue weighted by Crippen LogP contribution is -2.36. The summed E-state index contributed by atoms with van der Waals surface area (Å²) < 4.78 is 0. The summed E-state index contributed by atoms with van der Waals surface area (Å²) in [7, 11) is 0. The van der Waals surface area contributed by atoms with E-state index in [1.54, 1.807) is 6.07 Å². The number of nitro benzene ring substituents is 1. The van der Waals surface area contributed by atoms with Crippen LogP contribution in [0.3, 0.4) is 0 Å². The number of nitro groups is 1. The van der Waals surface area contributed by atoms with Gasteiger partial charge in [-0.25, -0.2) is 0 Å². The first-order valence-electron chi connectivity index (χ1n) is 5.65. The van der Waals surface area contributed by atoms with Crippen molar-refractivity contribution >= 4 is 17.9 Å². The minimum atomic E-state index is -0.584. The number of hydrogen-bond acceptors (Lipinski definition) is 4. The van der Waals surface area contributed by atoms with Gasteiger partial charge in [-0.2, -0.15) is 0 Å². The molecule has 1 aliphatic heterocycles. The first kappa shape index (κ1) is 12.2. The molecule has 0 saturated carbocycles. The van der Waals surface area contributed by atoms with E-state index in [1.807, 2.05) is 0 Å². The Morgan fingerprint density at radius 3 is 2.83 bits per heavy atom. The Morgan fingerprint density at radius 2 is 2.17 bits per heavy atom. The Balaban J connectivity index is 2.34. The van der Waals surface area contributed by atoms with E-state index in [9.17, 15) is 19.7 Å². The van der Waals surface area contributed by atoms with Crippen LogP contribution in [0, 0.1) is 10.1 Å². The van der Waals surface area contributed by atoms with Gasteiger partial charge >= 0.3 is 0 Å². The third kappa shape index (κ3) is 2.09. The maximum absolute atomic E-state index is 12.2. The summed E-state index contributed by atoms with van der Waals surface area (Å²) in [5, 5.41) is 10.9.